The van der Waals surface area contributed by atoms with Gasteiger partial charge in [0.25, 0.3) is 0 Å². The molecule has 1 aliphatic rings. The van der Waals surface area contributed by atoms with Gasteiger partial charge in [-0.25, -0.2) is 26.6 Å². The highest BCUT2D eigenvalue weighted by Crippen LogP contribution is 2.34. The van der Waals surface area contributed by atoms with E-state index in [0.29, 0.717) is 12.8 Å². The van der Waals surface area contributed by atoms with Gasteiger partial charge in [-0.15, -0.1) is 0 Å². The first kappa shape index (κ1) is 20.2. The van der Waals surface area contributed by atoms with Crippen LogP contribution in [0.2, 0.25) is 0 Å². The molecule has 0 aromatic carbocycles. The van der Waals surface area contributed by atoms with Gasteiger partial charge in [0.2, 0.25) is 16.0 Å². The lowest BCUT2D eigenvalue weighted by atomic mass is 10.0. The Morgan fingerprint density at radius 2 is 2.00 bits per heavy atom. The number of halogens is 2. The predicted octanol–water partition coefficient (Wildman–Crippen LogP) is 3.45. The maximum absolute atomic E-state index is 15.2. The molecule has 28 heavy (non-hydrogen) atoms. The van der Waals surface area contributed by atoms with Gasteiger partial charge >= 0.3 is 6.09 Å². The smallest absolute Gasteiger partial charge is 0.407 e. The van der Waals surface area contributed by atoms with Crippen LogP contribution in [0.4, 0.5) is 13.6 Å². The van der Waals surface area contributed by atoms with Crippen molar-refractivity contribution in [2.24, 2.45) is 0 Å². The third kappa shape index (κ3) is 3.73. The summed E-state index contributed by atoms with van der Waals surface area (Å²) in [6, 6.07) is 2.63. The lowest BCUT2D eigenvalue weighted by molar-refractivity contribution is 0.153. The van der Waals surface area contributed by atoms with E-state index in [0.717, 1.165) is 34.3 Å². The fraction of sp³-hybridized carbons (Fsp3) is 0.444. The summed E-state index contributed by atoms with van der Waals surface area (Å²) >= 11 is 0. The Hall–Kier alpha value is -2.49. The molecule has 10 heteroatoms. The second kappa shape index (κ2) is 7.86. The molecule has 2 heterocycles. The number of carbonyl (C=O) groups is 1. The molecule has 1 amide bonds. The Morgan fingerprint density at radius 1 is 1.32 bits per heavy atom. The normalized spacial score (nSPS) is 15.5. The predicted molar refractivity (Wildman–Crippen MR) is 98.3 cm³/mol. The molecule has 2 aromatic rings. The molecule has 0 saturated heterocycles. The molecule has 1 fully saturated rings. The van der Waals surface area contributed by atoms with E-state index in [1.807, 2.05) is 0 Å². The first-order valence-corrected chi connectivity index (χ1v) is 10.4. The van der Waals surface area contributed by atoms with E-state index in [1.54, 1.807) is 0 Å². The highest BCUT2D eigenvalue weighted by atomic mass is 32.2. The average molecular weight is 413 g/mol. The van der Waals surface area contributed by atoms with Crippen LogP contribution in [0.5, 0.6) is 0 Å². The molecule has 1 saturated carbocycles. The quantitative estimate of drug-likeness (QED) is 0.758. The third-order valence-electron chi connectivity index (χ3n) is 4.98. The van der Waals surface area contributed by atoms with Crippen LogP contribution >= 0.6 is 0 Å². The minimum Gasteiger partial charge on any atom is -0.465 e. The molecule has 1 aliphatic carbocycles. The number of pyridine rings is 1. The van der Waals surface area contributed by atoms with Crippen LogP contribution in [0.3, 0.4) is 0 Å². The van der Waals surface area contributed by atoms with Crippen LogP contribution in [0, 0.1) is 11.8 Å². The van der Waals surface area contributed by atoms with Crippen LogP contribution in [-0.2, 0) is 16.6 Å². The maximum Gasteiger partial charge on any atom is 0.407 e. The van der Waals surface area contributed by atoms with Crippen molar-refractivity contribution < 1.29 is 27.1 Å². The van der Waals surface area contributed by atoms with Crippen LogP contribution in [0.15, 0.2) is 24.5 Å². The van der Waals surface area contributed by atoms with E-state index in [4.69, 9.17) is 5.11 Å². The molecule has 2 aromatic heterocycles. The van der Waals surface area contributed by atoms with E-state index >= 15 is 4.39 Å². The van der Waals surface area contributed by atoms with Crippen LogP contribution < -0.4 is 0 Å². The molecule has 3 rings (SSSR count). The molecule has 0 bridgehead atoms. The highest BCUT2D eigenvalue weighted by Gasteiger charge is 2.34. The Bertz CT molecular complexity index is 985. The van der Waals surface area contributed by atoms with Crippen molar-refractivity contribution in [3.8, 4) is 11.3 Å². The standard InChI is InChI=1S/C18H21F2N3O4S/c1-22(18(24)25)10-12-11-23(28(26,27)13-6-3-2-4-7-13)16(15(12)19)14-8-5-9-21-17(14)20/h5,8-9,11,13H,2-4,6-7,10H2,1H3,(H,24,25). The molecule has 0 aliphatic heterocycles. The number of rotatable bonds is 5. The minimum absolute atomic E-state index is 0.150. The van der Waals surface area contributed by atoms with Gasteiger partial charge in [0.1, 0.15) is 5.69 Å². The lowest BCUT2D eigenvalue weighted by Gasteiger charge is -2.23. The van der Waals surface area contributed by atoms with Crippen molar-refractivity contribution in [1.29, 1.82) is 0 Å². The van der Waals surface area contributed by atoms with Crippen molar-refractivity contribution in [1.82, 2.24) is 13.9 Å². The van der Waals surface area contributed by atoms with E-state index in [9.17, 15) is 17.6 Å². The van der Waals surface area contributed by atoms with Crippen molar-refractivity contribution in [3.63, 3.8) is 0 Å². The summed E-state index contributed by atoms with van der Waals surface area (Å²) in [7, 11) is -2.76. The van der Waals surface area contributed by atoms with Crippen molar-refractivity contribution in [2.45, 2.75) is 43.9 Å². The summed E-state index contributed by atoms with van der Waals surface area (Å²) in [4.78, 5) is 15.4. The maximum atomic E-state index is 15.2. The fourth-order valence-electron chi connectivity index (χ4n) is 3.47. The molecule has 0 radical (unpaired) electrons. The summed E-state index contributed by atoms with van der Waals surface area (Å²) in [5.41, 5.74) is -0.892. The number of amides is 1. The Balaban J connectivity index is 2.17. The molecular weight excluding hydrogens is 392 g/mol. The van der Waals surface area contributed by atoms with Crippen LogP contribution in [0.25, 0.3) is 11.3 Å². The number of aromatic nitrogens is 2. The number of hydrogen-bond acceptors (Lipinski definition) is 4. The summed E-state index contributed by atoms with van der Waals surface area (Å²) in [6.45, 7) is -0.372. The van der Waals surface area contributed by atoms with E-state index in [1.165, 1.54) is 25.4 Å². The molecule has 152 valence electrons. The van der Waals surface area contributed by atoms with E-state index < -0.39 is 38.8 Å². The first-order chi connectivity index (χ1) is 13.2. The summed E-state index contributed by atoms with van der Waals surface area (Å²) in [6.07, 6.45) is 4.27. The zero-order valence-corrected chi connectivity index (χ0v) is 16.1. The average Bonchev–Trinajstić information content (AvgIpc) is 3.00. The van der Waals surface area contributed by atoms with Gasteiger partial charge in [-0.05, 0) is 25.0 Å². The minimum atomic E-state index is -4.00. The second-order valence-corrected chi connectivity index (χ2v) is 8.99. The summed E-state index contributed by atoms with van der Waals surface area (Å²) < 4.78 is 56.6. The monoisotopic (exact) mass is 413 g/mol. The summed E-state index contributed by atoms with van der Waals surface area (Å²) in [5.74, 6) is -1.97. The summed E-state index contributed by atoms with van der Waals surface area (Å²) in [5, 5.41) is 8.35. The number of nitrogens with zero attached hydrogens (tertiary/aromatic N) is 3. The highest BCUT2D eigenvalue weighted by molar-refractivity contribution is 7.90. The van der Waals surface area contributed by atoms with Gasteiger partial charge in [0.05, 0.1) is 17.4 Å². The zero-order chi connectivity index (χ0) is 20.5. The lowest BCUT2D eigenvalue weighted by Crippen LogP contribution is -2.29. The SMILES string of the molecule is CN(Cc1cn(S(=O)(=O)C2CCCCC2)c(-c2cccnc2F)c1F)C(=O)O. The Labute approximate surface area is 161 Å². The molecular formula is C18H21F2N3O4S. The van der Waals surface area contributed by atoms with Gasteiger partial charge in [-0.3, -0.25) is 0 Å². The Kier molecular flexibility index (Phi) is 5.69. The van der Waals surface area contributed by atoms with Gasteiger partial charge in [-0.2, -0.15) is 4.39 Å². The Morgan fingerprint density at radius 3 is 2.61 bits per heavy atom. The van der Waals surface area contributed by atoms with Gasteiger partial charge in [0.15, 0.2) is 5.82 Å². The van der Waals surface area contributed by atoms with Gasteiger partial charge in [-0.1, -0.05) is 19.3 Å². The second-order valence-electron chi connectivity index (χ2n) is 6.90. The fourth-order valence-corrected chi connectivity index (χ4v) is 5.43. The van der Waals surface area contributed by atoms with Crippen LogP contribution in [0.1, 0.15) is 37.7 Å². The largest absolute Gasteiger partial charge is 0.465 e. The molecule has 0 spiro atoms. The molecule has 0 unspecified atom stereocenters. The zero-order valence-electron chi connectivity index (χ0n) is 15.3. The van der Waals surface area contributed by atoms with E-state index in [-0.39, 0.29) is 17.7 Å². The van der Waals surface area contributed by atoms with Crippen molar-refractivity contribution in [2.75, 3.05) is 7.05 Å². The van der Waals surface area contributed by atoms with E-state index in [2.05, 4.69) is 4.98 Å². The van der Waals surface area contributed by atoms with Crippen molar-refractivity contribution >= 4 is 16.1 Å². The molecule has 0 atom stereocenters. The molecule has 1 N–H and O–H groups in total. The third-order valence-corrected chi connectivity index (χ3v) is 7.13. The van der Waals surface area contributed by atoms with Crippen LogP contribution in [-0.4, -0.2) is 45.8 Å². The molecule has 7 nitrogen and oxygen atoms in total. The topological polar surface area (TPSA) is 92.5 Å². The van der Waals surface area contributed by atoms with Gasteiger partial charge < -0.3 is 10.0 Å². The van der Waals surface area contributed by atoms with Gasteiger partial charge in [0, 0.05) is 25.0 Å². The number of carboxylic acid groups (broad SMARTS) is 1. The number of hydrogen-bond donors (Lipinski definition) is 1. The van der Waals surface area contributed by atoms with Crippen molar-refractivity contribution in [3.05, 3.63) is 41.9 Å². The first-order valence-electron chi connectivity index (χ1n) is 8.92.